The van der Waals surface area contributed by atoms with Gasteiger partial charge in [0.25, 0.3) is 5.91 Å². The van der Waals surface area contributed by atoms with Gasteiger partial charge >= 0.3 is 0 Å². The Morgan fingerprint density at radius 2 is 2.47 bits per heavy atom. The van der Waals surface area contributed by atoms with Gasteiger partial charge < -0.3 is 20.1 Å². The maximum absolute atomic E-state index is 11.5. The molecule has 1 rings (SSSR count). The molecule has 0 bridgehead atoms. The van der Waals surface area contributed by atoms with Crippen LogP contribution >= 0.6 is 0 Å². The molecule has 0 aliphatic carbocycles. The van der Waals surface area contributed by atoms with E-state index in [1.807, 2.05) is 13.8 Å². The number of morpholine rings is 1. The Morgan fingerprint density at radius 1 is 1.67 bits per heavy atom. The summed E-state index contributed by atoms with van der Waals surface area (Å²) in [6, 6.07) is 0. The second kappa shape index (κ2) is 6.76. The minimum Gasteiger partial charge on any atom is -0.377 e. The molecule has 1 fully saturated rings. The fourth-order valence-electron chi connectivity index (χ4n) is 1.32. The van der Waals surface area contributed by atoms with Crippen LogP contribution in [0, 0.1) is 0 Å². The third kappa shape index (κ3) is 5.11. The van der Waals surface area contributed by atoms with Crippen LogP contribution in [0.2, 0.25) is 0 Å². The van der Waals surface area contributed by atoms with Gasteiger partial charge in [-0.25, -0.2) is 0 Å². The van der Waals surface area contributed by atoms with Crippen molar-refractivity contribution in [2.45, 2.75) is 26.1 Å². The van der Waals surface area contributed by atoms with E-state index in [0.29, 0.717) is 26.3 Å². The van der Waals surface area contributed by atoms with Crippen LogP contribution in [-0.4, -0.2) is 51.0 Å². The molecule has 2 N–H and O–H groups in total. The molecule has 1 aliphatic heterocycles. The minimum atomic E-state index is -0.349. The standard InChI is InChI=1S/C10H20N2O3/c1-8(2)14-6-4-12-10(13)9-7-11-3-5-15-9/h8-9,11H,3-7H2,1-2H3,(H,12,13). The van der Waals surface area contributed by atoms with Gasteiger partial charge in [-0.05, 0) is 13.8 Å². The number of rotatable bonds is 5. The molecule has 15 heavy (non-hydrogen) atoms. The highest BCUT2D eigenvalue weighted by Crippen LogP contribution is 1.95. The van der Waals surface area contributed by atoms with E-state index < -0.39 is 0 Å². The van der Waals surface area contributed by atoms with Crippen LogP contribution in [0.5, 0.6) is 0 Å². The predicted octanol–water partition coefficient (Wildman–Crippen LogP) is -0.484. The van der Waals surface area contributed by atoms with E-state index in [4.69, 9.17) is 9.47 Å². The molecule has 1 saturated heterocycles. The van der Waals surface area contributed by atoms with E-state index in [9.17, 15) is 4.79 Å². The number of hydrogen-bond acceptors (Lipinski definition) is 4. The molecule has 0 saturated carbocycles. The highest BCUT2D eigenvalue weighted by Gasteiger charge is 2.20. The first-order valence-electron chi connectivity index (χ1n) is 5.42. The Hall–Kier alpha value is -0.650. The number of ether oxygens (including phenoxy) is 2. The molecule has 0 spiro atoms. The first kappa shape index (κ1) is 12.4. The van der Waals surface area contributed by atoms with Gasteiger partial charge in [0.2, 0.25) is 0 Å². The van der Waals surface area contributed by atoms with Gasteiger partial charge in [-0.1, -0.05) is 0 Å². The number of carbonyl (C=O) groups excluding carboxylic acids is 1. The average Bonchev–Trinajstić information content (AvgIpc) is 2.25. The third-order valence-corrected chi connectivity index (χ3v) is 2.07. The van der Waals surface area contributed by atoms with E-state index in [-0.39, 0.29) is 18.1 Å². The van der Waals surface area contributed by atoms with Gasteiger partial charge in [0.1, 0.15) is 6.10 Å². The molecule has 5 nitrogen and oxygen atoms in total. The van der Waals surface area contributed by atoms with Gasteiger partial charge in [-0.2, -0.15) is 0 Å². The summed E-state index contributed by atoms with van der Waals surface area (Å²) in [6.45, 7) is 7.03. The van der Waals surface area contributed by atoms with E-state index in [0.717, 1.165) is 6.54 Å². The van der Waals surface area contributed by atoms with Crippen LogP contribution in [-0.2, 0) is 14.3 Å². The monoisotopic (exact) mass is 216 g/mol. The molecule has 1 heterocycles. The zero-order valence-electron chi connectivity index (χ0n) is 9.41. The molecular weight excluding hydrogens is 196 g/mol. The SMILES string of the molecule is CC(C)OCCNC(=O)C1CNCCO1. The summed E-state index contributed by atoms with van der Waals surface area (Å²) in [5.41, 5.74) is 0. The smallest absolute Gasteiger partial charge is 0.250 e. The molecule has 1 aliphatic rings. The highest BCUT2D eigenvalue weighted by atomic mass is 16.5. The van der Waals surface area contributed by atoms with Crippen molar-refractivity contribution in [3.63, 3.8) is 0 Å². The van der Waals surface area contributed by atoms with Gasteiger partial charge in [0.05, 0.1) is 19.3 Å². The molecule has 1 unspecified atom stereocenters. The third-order valence-electron chi connectivity index (χ3n) is 2.07. The molecule has 0 radical (unpaired) electrons. The van der Waals surface area contributed by atoms with Crippen LogP contribution in [0.1, 0.15) is 13.8 Å². The van der Waals surface area contributed by atoms with Crippen molar-refractivity contribution in [2.24, 2.45) is 0 Å². The van der Waals surface area contributed by atoms with Crippen molar-refractivity contribution in [1.29, 1.82) is 0 Å². The number of nitrogens with one attached hydrogen (secondary N) is 2. The lowest BCUT2D eigenvalue weighted by atomic mass is 10.3. The van der Waals surface area contributed by atoms with Crippen molar-refractivity contribution in [3.8, 4) is 0 Å². The van der Waals surface area contributed by atoms with Gasteiger partial charge in [-0.3, -0.25) is 4.79 Å². The molecule has 5 heteroatoms. The van der Waals surface area contributed by atoms with E-state index in [2.05, 4.69) is 10.6 Å². The second-order valence-corrected chi connectivity index (χ2v) is 3.77. The van der Waals surface area contributed by atoms with Gasteiger partial charge in [0, 0.05) is 19.6 Å². The number of hydrogen-bond donors (Lipinski definition) is 2. The van der Waals surface area contributed by atoms with Crippen molar-refractivity contribution in [3.05, 3.63) is 0 Å². The van der Waals surface area contributed by atoms with Crippen LogP contribution in [0.3, 0.4) is 0 Å². The summed E-state index contributed by atoms with van der Waals surface area (Å²) in [6.07, 6.45) is -0.146. The Kier molecular flexibility index (Phi) is 5.60. The zero-order chi connectivity index (χ0) is 11.1. The van der Waals surface area contributed by atoms with Crippen LogP contribution in [0.4, 0.5) is 0 Å². The van der Waals surface area contributed by atoms with Crippen LogP contribution in [0.15, 0.2) is 0 Å². The fourth-order valence-corrected chi connectivity index (χ4v) is 1.32. The number of amides is 1. The zero-order valence-corrected chi connectivity index (χ0v) is 9.41. The maximum Gasteiger partial charge on any atom is 0.250 e. The summed E-state index contributed by atoms with van der Waals surface area (Å²) in [5, 5.41) is 5.89. The maximum atomic E-state index is 11.5. The topological polar surface area (TPSA) is 59.6 Å². The molecule has 1 amide bonds. The lowest BCUT2D eigenvalue weighted by Crippen LogP contribution is -2.48. The van der Waals surface area contributed by atoms with Crippen LogP contribution in [0.25, 0.3) is 0 Å². The first-order valence-corrected chi connectivity index (χ1v) is 5.42. The lowest BCUT2D eigenvalue weighted by molar-refractivity contribution is -0.134. The quantitative estimate of drug-likeness (QED) is 0.609. The fraction of sp³-hybridized carbons (Fsp3) is 0.900. The molecule has 0 aromatic heterocycles. The van der Waals surface area contributed by atoms with Crippen molar-refractivity contribution in [1.82, 2.24) is 10.6 Å². The Bertz CT molecular complexity index is 191. The molecule has 0 aromatic carbocycles. The molecule has 88 valence electrons. The summed E-state index contributed by atoms with van der Waals surface area (Å²) in [5.74, 6) is -0.0606. The van der Waals surface area contributed by atoms with E-state index >= 15 is 0 Å². The summed E-state index contributed by atoms with van der Waals surface area (Å²) in [7, 11) is 0. The Morgan fingerprint density at radius 3 is 3.07 bits per heavy atom. The molecule has 0 aromatic rings. The summed E-state index contributed by atoms with van der Waals surface area (Å²) < 4.78 is 10.6. The normalized spacial score (nSPS) is 21.7. The Labute approximate surface area is 90.5 Å². The second-order valence-electron chi connectivity index (χ2n) is 3.77. The first-order chi connectivity index (χ1) is 7.20. The van der Waals surface area contributed by atoms with Gasteiger partial charge in [-0.15, -0.1) is 0 Å². The lowest BCUT2D eigenvalue weighted by Gasteiger charge is -2.22. The van der Waals surface area contributed by atoms with E-state index in [1.54, 1.807) is 0 Å². The minimum absolute atomic E-state index is 0.0606. The molecular formula is C10H20N2O3. The largest absolute Gasteiger partial charge is 0.377 e. The number of carbonyl (C=O) groups is 1. The summed E-state index contributed by atoms with van der Waals surface area (Å²) in [4.78, 5) is 11.5. The average molecular weight is 216 g/mol. The van der Waals surface area contributed by atoms with Crippen molar-refractivity contribution < 1.29 is 14.3 Å². The highest BCUT2D eigenvalue weighted by molar-refractivity contribution is 5.81. The van der Waals surface area contributed by atoms with Crippen molar-refractivity contribution in [2.75, 3.05) is 32.8 Å². The van der Waals surface area contributed by atoms with E-state index in [1.165, 1.54) is 0 Å². The Balaban J connectivity index is 2.07. The predicted molar refractivity (Wildman–Crippen MR) is 56.7 cm³/mol. The summed E-state index contributed by atoms with van der Waals surface area (Å²) >= 11 is 0. The van der Waals surface area contributed by atoms with Crippen molar-refractivity contribution >= 4 is 5.91 Å². The van der Waals surface area contributed by atoms with Crippen LogP contribution < -0.4 is 10.6 Å². The van der Waals surface area contributed by atoms with Gasteiger partial charge in [0.15, 0.2) is 0 Å². The molecule has 1 atom stereocenters.